The number of amides is 1. The number of nitrogens with zero attached hydrogens (tertiary/aromatic N) is 1. The zero-order valence-electron chi connectivity index (χ0n) is 17.6. The van der Waals surface area contributed by atoms with Crippen LogP contribution < -0.4 is 14.9 Å². The van der Waals surface area contributed by atoms with Crippen LogP contribution in [-0.2, 0) is 9.53 Å². The van der Waals surface area contributed by atoms with E-state index in [1.165, 1.54) is 6.21 Å². The summed E-state index contributed by atoms with van der Waals surface area (Å²) in [4.78, 5) is 24.1. The first kappa shape index (κ1) is 25.5. The molecule has 174 valence electrons. The maximum Gasteiger partial charge on any atom is 0.344 e. The third-order valence-corrected chi connectivity index (χ3v) is 5.96. The molecule has 33 heavy (non-hydrogen) atoms. The van der Waals surface area contributed by atoms with Gasteiger partial charge in [-0.05, 0) is 88.3 Å². The minimum absolute atomic E-state index is 0.133. The third kappa shape index (κ3) is 6.70. The molecule has 0 spiro atoms. The highest BCUT2D eigenvalue weighted by Crippen LogP contribution is 2.34. The van der Waals surface area contributed by atoms with Crippen LogP contribution in [-0.4, -0.2) is 37.9 Å². The molecule has 0 saturated heterocycles. The molecule has 0 aliphatic rings. The van der Waals surface area contributed by atoms with Gasteiger partial charge in [-0.25, -0.2) is 10.2 Å². The Morgan fingerprint density at radius 2 is 1.91 bits per heavy atom. The molecule has 1 aromatic heterocycles. The normalized spacial score (nSPS) is 11.1. The Hall–Kier alpha value is -2.12. The fourth-order valence-electron chi connectivity index (χ4n) is 2.81. The third-order valence-electron chi connectivity index (χ3n) is 4.11. The van der Waals surface area contributed by atoms with E-state index in [1.807, 2.05) is 19.1 Å². The summed E-state index contributed by atoms with van der Waals surface area (Å²) in [6.07, 6.45) is 1.48. The van der Waals surface area contributed by atoms with Gasteiger partial charge in [0.15, 0.2) is 23.9 Å². The van der Waals surface area contributed by atoms with E-state index < -0.39 is 11.9 Å². The zero-order valence-corrected chi connectivity index (χ0v) is 22.9. The minimum Gasteiger partial charge on any atom is -0.490 e. The molecule has 1 amide bonds. The Morgan fingerprint density at radius 3 is 2.64 bits per heavy atom. The van der Waals surface area contributed by atoms with Crippen molar-refractivity contribution in [1.29, 1.82) is 0 Å². The Morgan fingerprint density at radius 1 is 1.12 bits per heavy atom. The lowest BCUT2D eigenvalue weighted by Gasteiger charge is -2.14. The summed E-state index contributed by atoms with van der Waals surface area (Å²) < 4.78 is 24.1. The first-order valence-corrected chi connectivity index (χ1v) is 12.5. The first-order valence-electron chi connectivity index (χ1n) is 9.79. The number of esters is 1. The Bertz CT molecular complexity index is 1210. The summed E-state index contributed by atoms with van der Waals surface area (Å²) in [6.45, 7) is 4.03. The lowest BCUT2D eigenvalue weighted by Crippen LogP contribution is -2.17. The summed E-state index contributed by atoms with van der Waals surface area (Å²) in [5.74, 6) is 0.0711. The molecule has 0 unspecified atom stereocenters. The summed E-state index contributed by atoms with van der Waals surface area (Å²) in [7, 11) is 0. The number of nitrogens with one attached hydrogen (secondary N) is 1. The molecule has 3 aromatic rings. The van der Waals surface area contributed by atoms with Gasteiger partial charge in [-0.3, -0.25) is 4.79 Å². The number of carbonyl (C=O) groups excluding carboxylic acids is 2. The summed E-state index contributed by atoms with van der Waals surface area (Å²) >= 11 is 8.91. The molecule has 8 nitrogen and oxygen atoms in total. The molecular weight excluding hydrogens is 675 g/mol. The molecule has 2 aromatic carbocycles. The maximum atomic E-state index is 12.5. The molecule has 0 bridgehead atoms. The highest BCUT2D eigenvalue weighted by Gasteiger charge is 2.16. The van der Waals surface area contributed by atoms with Gasteiger partial charge in [0.1, 0.15) is 5.58 Å². The predicted molar refractivity (Wildman–Crippen MR) is 139 cm³/mol. The number of halogens is 3. The smallest absolute Gasteiger partial charge is 0.344 e. The number of furan rings is 1. The van der Waals surface area contributed by atoms with Gasteiger partial charge in [-0.15, -0.1) is 0 Å². The second-order valence-corrected chi connectivity index (χ2v) is 9.40. The highest BCUT2D eigenvalue weighted by atomic mass is 127. The van der Waals surface area contributed by atoms with E-state index >= 15 is 0 Å². The van der Waals surface area contributed by atoms with Gasteiger partial charge in [0, 0.05) is 9.86 Å². The van der Waals surface area contributed by atoms with Gasteiger partial charge < -0.3 is 18.6 Å². The van der Waals surface area contributed by atoms with Crippen molar-refractivity contribution in [2.75, 3.05) is 19.8 Å². The lowest BCUT2D eigenvalue weighted by molar-refractivity contribution is -0.145. The van der Waals surface area contributed by atoms with Crippen LogP contribution in [0.2, 0.25) is 0 Å². The quantitative estimate of drug-likeness (QED) is 0.134. The van der Waals surface area contributed by atoms with E-state index in [2.05, 4.69) is 65.0 Å². The Kier molecular flexibility index (Phi) is 9.15. The number of carbonyl (C=O) groups is 2. The van der Waals surface area contributed by atoms with Crippen molar-refractivity contribution in [1.82, 2.24) is 5.43 Å². The second-order valence-electron chi connectivity index (χ2n) is 6.47. The van der Waals surface area contributed by atoms with E-state index in [1.54, 1.807) is 25.1 Å². The van der Waals surface area contributed by atoms with Crippen LogP contribution in [0.3, 0.4) is 0 Å². The molecule has 1 N–H and O–H groups in total. The van der Waals surface area contributed by atoms with Crippen LogP contribution in [0.1, 0.15) is 30.0 Å². The maximum absolute atomic E-state index is 12.5. The molecule has 1 heterocycles. The van der Waals surface area contributed by atoms with Gasteiger partial charge in [0.25, 0.3) is 0 Å². The Labute approximate surface area is 220 Å². The number of fused-ring (bicyclic) bond motifs is 1. The molecule has 0 radical (unpaired) electrons. The molecule has 0 fully saturated rings. The largest absolute Gasteiger partial charge is 0.490 e. The molecule has 3 rings (SSSR count). The van der Waals surface area contributed by atoms with Crippen molar-refractivity contribution in [2.45, 2.75) is 13.8 Å². The van der Waals surface area contributed by atoms with Crippen molar-refractivity contribution >= 4 is 83.5 Å². The molecule has 0 atom stereocenters. The number of hydrogen-bond donors (Lipinski definition) is 1. The number of rotatable bonds is 9. The second kappa shape index (κ2) is 11.8. The standard InChI is InChI=1S/C22H19Br2IN2O6/c1-3-30-17-6-12(5-16(25)21(17)32-11-19(28)31-4-2)10-26-27-22(29)18-8-13-7-14(23)9-15(24)20(13)33-18/h5-10H,3-4,11H2,1-2H3,(H,27,29)/b26-10-. The van der Waals surface area contributed by atoms with Gasteiger partial charge in [-0.2, -0.15) is 5.10 Å². The van der Waals surface area contributed by atoms with E-state index in [0.29, 0.717) is 32.8 Å². The van der Waals surface area contributed by atoms with Crippen molar-refractivity contribution in [3.63, 3.8) is 0 Å². The zero-order chi connectivity index (χ0) is 24.0. The van der Waals surface area contributed by atoms with Gasteiger partial charge in [-0.1, -0.05) is 15.9 Å². The van der Waals surface area contributed by atoms with Crippen molar-refractivity contribution < 1.29 is 28.2 Å². The number of hydrogen-bond acceptors (Lipinski definition) is 7. The summed E-state index contributed by atoms with van der Waals surface area (Å²) in [5.41, 5.74) is 3.70. The van der Waals surface area contributed by atoms with Gasteiger partial charge in [0.05, 0.1) is 27.5 Å². The van der Waals surface area contributed by atoms with E-state index in [-0.39, 0.29) is 19.0 Å². The summed E-state index contributed by atoms with van der Waals surface area (Å²) in [6, 6.07) is 8.82. The SMILES string of the molecule is CCOC(=O)COc1c(I)cc(/C=N\NC(=O)c2cc3cc(Br)cc(Br)c3o2)cc1OCC. The van der Waals surface area contributed by atoms with Crippen LogP contribution in [0.4, 0.5) is 0 Å². The number of hydrazone groups is 1. The van der Waals surface area contributed by atoms with E-state index in [9.17, 15) is 9.59 Å². The topological polar surface area (TPSA) is 99.4 Å². The summed E-state index contributed by atoms with van der Waals surface area (Å²) in [5, 5.41) is 4.80. The molecule has 11 heteroatoms. The molecule has 0 saturated carbocycles. The lowest BCUT2D eigenvalue weighted by atomic mass is 10.2. The molecule has 0 aliphatic carbocycles. The fourth-order valence-corrected chi connectivity index (χ4v) is 4.93. The number of ether oxygens (including phenoxy) is 3. The highest BCUT2D eigenvalue weighted by molar-refractivity contribution is 14.1. The first-order chi connectivity index (χ1) is 15.8. The van der Waals surface area contributed by atoms with E-state index in [4.69, 9.17) is 18.6 Å². The van der Waals surface area contributed by atoms with Crippen LogP contribution in [0.25, 0.3) is 11.0 Å². The molecular formula is C22H19Br2IN2O6. The van der Waals surface area contributed by atoms with E-state index in [0.717, 1.165) is 14.3 Å². The fraction of sp³-hybridized carbons (Fsp3) is 0.227. The van der Waals surface area contributed by atoms with Gasteiger partial charge in [0.2, 0.25) is 0 Å². The molecule has 0 aliphatic heterocycles. The number of benzene rings is 2. The van der Waals surface area contributed by atoms with Crippen molar-refractivity contribution in [3.8, 4) is 11.5 Å². The predicted octanol–water partition coefficient (Wildman–Crippen LogP) is 5.67. The van der Waals surface area contributed by atoms with Crippen LogP contribution >= 0.6 is 54.5 Å². The van der Waals surface area contributed by atoms with Crippen molar-refractivity contribution in [2.24, 2.45) is 5.10 Å². The van der Waals surface area contributed by atoms with Gasteiger partial charge >= 0.3 is 11.9 Å². The van der Waals surface area contributed by atoms with Crippen LogP contribution in [0.5, 0.6) is 11.5 Å². The minimum atomic E-state index is -0.486. The van der Waals surface area contributed by atoms with Crippen LogP contribution in [0, 0.1) is 3.57 Å². The average Bonchev–Trinajstić information content (AvgIpc) is 3.18. The average molecular weight is 694 g/mol. The Balaban J connectivity index is 1.73. The van der Waals surface area contributed by atoms with Crippen molar-refractivity contribution in [3.05, 3.63) is 54.2 Å². The van der Waals surface area contributed by atoms with Crippen LogP contribution in [0.15, 0.2) is 48.8 Å². The monoisotopic (exact) mass is 692 g/mol.